The van der Waals surface area contributed by atoms with Gasteiger partial charge in [-0.1, -0.05) is 22.0 Å². The first-order valence-corrected chi connectivity index (χ1v) is 6.80. The Morgan fingerprint density at radius 1 is 1.30 bits per heavy atom. The molecule has 0 spiro atoms. The van der Waals surface area contributed by atoms with Crippen LogP contribution in [-0.4, -0.2) is 29.8 Å². The molecule has 0 aliphatic heterocycles. The molecule has 1 aromatic heterocycles. The van der Waals surface area contributed by atoms with E-state index in [1.807, 2.05) is 31.2 Å². The molecule has 1 N–H and O–H groups in total. The lowest BCUT2D eigenvalue weighted by molar-refractivity contribution is -0.138. The van der Waals surface area contributed by atoms with Crippen molar-refractivity contribution in [3.63, 3.8) is 0 Å². The van der Waals surface area contributed by atoms with E-state index >= 15 is 0 Å². The summed E-state index contributed by atoms with van der Waals surface area (Å²) in [6.07, 6.45) is 0. The Morgan fingerprint density at radius 3 is 2.75 bits per heavy atom. The van der Waals surface area contributed by atoms with E-state index in [0.717, 1.165) is 21.3 Å². The molecule has 0 saturated heterocycles. The van der Waals surface area contributed by atoms with Gasteiger partial charge in [0.05, 0.1) is 12.8 Å². The molecule has 6 heteroatoms. The van der Waals surface area contributed by atoms with Crippen LogP contribution in [0.5, 0.6) is 0 Å². The van der Waals surface area contributed by atoms with Crippen molar-refractivity contribution in [2.75, 3.05) is 19.0 Å². The maximum Gasteiger partial charge on any atom is 0.325 e. The Bertz CT molecular complexity index is 614. The van der Waals surface area contributed by atoms with Gasteiger partial charge in [-0.05, 0) is 36.8 Å². The number of anilines is 1. The minimum atomic E-state index is -0.348. The number of rotatable bonds is 4. The zero-order chi connectivity index (χ0) is 14.5. The minimum Gasteiger partial charge on any atom is -0.468 e. The highest BCUT2D eigenvalue weighted by Gasteiger charge is 2.06. The van der Waals surface area contributed by atoms with Gasteiger partial charge < -0.3 is 10.1 Å². The average molecular weight is 336 g/mol. The lowest BCUT2D eigenvalue weighted by Crippen LogP contribution is -2.15. The number of aromatic nitrogens is 2. The quantitative estimate of drug-likeness (QED) is 0.870. The molecule has 1 heterocycles. The number of hydrogen-bond acceptors (Lipinski definition) is 5. The molecule has 0 saturated carbocycles. The van der Waals surface area contributed by atoms with Gasteiger partial charge in [0.25, 0.3) is 0 Å². The van der Waals surface area contributed by atoms with Crippen LogP contribution in [0.4, 0.5) is 5.82 Å². The number of benzene rings is 1. The second-order valence-corrected chi connectivity index (χ2v) is 5.11. The number of hydrogen-bond donors (Lipinski definition) is 1. The lowest BCUT2D eigenvalue weighted by atomic mass is 10.1. The van der Waals surface area contributed by atoms with Gasteiger partial charge >= 0.3 is 5.97 Å². The van der Waals surface area contributed by atoms with Gasteiger partial charge in [0.15, 0.2) is 0 Å². The van der Waals surface area contributed by atoms with Crippen LogP contribution in [0, 0.1) is 6.92 Å². The molecule has 20 heavy (non-hydrogen) atoms. The van der Waals surface area contributed by atoms with E-state index in [2.05, 4.69) is 36.2 Å². The molecular formula is C14H14BrN3O2. The Hall–Kier alpha value is -1.95. The smallest absolute Gasteiger partial charge is 0.325 e. The topological polar surface area (TPSA) is 64.1 Å². The van der Waals surface area contributed by atoms with Crippen molar-refractivity contribution in [2.24, 2.45) is 0 Å². The Kier molecular flexibility index (Phi) is 4.68. The van der Waals surface area contributed by atoms with Crippen molar-refractivity contribution in [1.82, 2.24) is 10.2 Å². The first-order valence-electron chi connectivity index (χ1n) is 6.01. The van der Waals surface area contributed by atoms with Gasteiger partial charge in [-0.25, -0.2) is 0 Å². The maximum atomic E-state index is 11.0. The zero-order valence-electron chi connectivity index (χ0n) is 11.2. The van der Waals surface area contributed by atoms with Crippen molar-refractivity contribution in [3.05, 3.63) is 40.4 Å². The molecule has 0 atom stereocenters. The molecule has 2 aromatic rings. The minimum absolute atomic E-state index is 0.0699. The summed E-state index contributed by atoms with van der Waals surface area (Å²) < 4.78 is 5.53. The summed E-state index contributed by atoms with van der Waals surface area (Å²) >= 11 is 3.44. The van der Waals surface area contributed by atoms with Gasteiger partial charge in [0.2, 0.25) is 0 Å². The third kappa shape index (κ3) is 3.54. The summed E-state index contributed by atoms with van der Waals surface area (Å²) in [7, 11) is 1.34. The third-order valence-corrected chi connectivity index (χ3v) is 3.27. The molecule has 0 aliphatic rings. The van der Waals surface area contributed by atoms with Gasteiger partial charge in [-0.2, -0.15) is 0 Å². The van der Waals surface area contributed by atoms with Crippen molar-refractivity contribution in [3.8, 4) is 11.3 Å². The van der Waals surface area contributed by atoms with Crippen LogP contribution in [0.15, 0.2) is 34.8 Å². The predicted octanol–water partition coefficient (Wildman–Crippen LogP) is 2.80. The number of esters is 1. The van der Waals surface area contributed by atoms with Crippen LogP contribution in [0.3, 0.4) is 0 Å². The lowest BCUT2D eigenvalue weighted by Gasteiger charge is -2.07. The first-order chi connectivity index (χ1) is 9.60. The van der Waals surface area contributed by atoms with Gasteiger partial charge in [0.1, 0.15) is 12.4 Å². The van der Waals surface area contributed by atoms with E-state index in [9.17, 15) is 4.79 Å². The summed E-state index contributed by atoms with van der Waals surface area (Å²) in [5.41, 5.74) is 2.93. The summed E-state index contributed by atoms with van der Waals surface area (Å²) in [5, 5.41) is 11.1. The molecule has 0 unspecified atom stereocenters. The average Bonchev–Trinajstić information content (AvgIpc) is 2.48. The summed E-state index contributed by atoms with van der Waals surface area (Å²) in [4.78, 5) is 11.0. The molecule has 2 rings (SSSR count). The molecule has 0 fully saturated rings. The SMILES string of the molecule is COC(=O)CNc1ccc(-c2cc(Br)ccc2C)nn1. The van der Waals surface area contributed by atoms with Crippen LogP contribution >= 0.6 is 15.9 Å². The van der Waals surface area contributed by atoms with Crippen molar-refractivity contribution in [1.29, 1.82) is 0 Å². The van der Waals surface area contributed by atoms with Crippen LogP contribution in [0.25, 0.3) is 11.3 Å². The molecule has 5 nitrogen and oxygen atoms in total. The largest absolute Gasteiger partial charge is 0.468 e. The second-order valence-electron chi connectivity index (χ2n) is 4.19. The molecule has 0 amide bonds. The molecule has 0 radical (unpaired) electrons. The molecular weight excluding hydrogens is 322 g/mol. The predicted molar refractivity (Wildman–Crippen MR) is 80.4 cm³/mol. The fraction of sp³-hybridized carbons (Fsp3) is 0.214. The van der Waals surface area contributed by atoms with E-state index < -0.39 is 0 Å². The number of methoxy groups -OCH3 is 1. The zero-order valence-corrected chi connectivity index (χ0v) is 12.8. The standard InChI is InChI=1S/C14H14BrN3O2/c1-9-3-4-10(15)7-11(9)12-5-6-13(18-17-12)16-8-14(19)20-2/h3-7H,8H2,1-2H3,(H,16,18). The summed E-state index contributed by atoms with van der Waals surface area (Å²) in [6.45, 7) is 2.09. The van der Waals surface area contributed by atoms with E-state index in [-0.39, 0.29) is 12.5 Å². The number of carbonyl (C=O) groups is 1. The van der Waals surface area contributed by atoms with Crippen LogP contribution in [0.1, 0.15) is 5.56 Å². The van der Waals surface area contributed by atoms with Gasteiger partial charge in [-0.3, -0.25) is 4.79 Å². The number of halogens is 1. The van der Waals surface area contributed by atoms with E-state index in [4.69, 9.17) is 0 Å². The number of aryl methyl sites for hydroxylation is 1. The first kappa shape index (κ1) is 14.5. The van der Waals surface area contributed by atoms with Crippen molar-refractivity contribution in [2.45, 2.75) is 6.92 Å². The van der Waals surface area contributed by atoms with E-state index in [1.54, 1.807) is 6.07 Å². The monoisotopic (exact) mass is 335 g/mol. The highest BCUT2D eigenvalue weighted by atomic mass is 79.9. The van der Waals surface area contributed by atoms with E-state index in [1.165, 1.54) is 7.11 Å². The Morgan fingerprint density at radius 2 is 2.10 bits per heavy atom. The van der Waals surface area contributed by atoms with Gasteiger partial charge in [-0.15, -0.1) is 10.2 Å². The Balaban J connectivity index is 2.15. The Labute approximate surface area is 125 Å². The number of nitrogens with zero attached hydrogens (tertiary/aromatic N) is 2. The van der Waals surface area contributed by atoms with E-state index in [0.29, 0.717) is 5.82 Å². The second kappa shape index (κ2) is 6.47. The van der Waals surface area contributed by atoms with Gasteiger partial charge in [0, 0.05) is 10.0 Å². The maximum absolute atomic E-state index is 11.0. The normalized spacial score (nSPS) is 10.2. The summed E-state index contributed by atoms with van der Waals surface area (Å²) in [6, 6.07) is 9.65. The summed E-state index contributed by atoms with van der Waals surface area (Å²) in [5.74, 6) is 0.186. The highest BCUT2D eigenvalue weighted by Crippen LogP contribution is 2.25. The molecule has 0 aliphatic carbocycles. The number of carbonyl (C=O) groups excluding carboxylic acids is 1. The number of nitrogens with one attached hydrogen (secondary N) is 1. The van der Waals surface area contributed by atoms with Crippen molar-refractivity contribution < 1.29 is 9.53 Å². The number of ether oxygens (including phenoxy) is 1. The molecule has 0 bridgehead atoms. The molecule has 104 valence electrons. The third-order valence-electron chi connectivity index (χ3n) is 2.78. The van der Waals surface area contributed by atoms with Crippen LogP contribution in [0.2, 0.25) is 0 Å². The van der Waals surface area contributed by atoms with Crippen molar-refractivity contribution >= 4 is 27.7 Å². The fourth-order valence-electron chi connectivity index (χ4n) is 1.68. The highest BCUT2D eigenvalue weighted by molar-refractivity contribution is 9.10. The molecule has 1 aromatic carbocycles. The fourth-order valence-corrected chi connectivity index (χ4v) is 2.04. The van der Waals surface area contributed by atoms with Crippen LogP contribution < -0.4 is 5.32 Å². The van der Waals surface area contributed by atoms with Crippen LogP contribution in [-0.2, 0) is 9.53 Å².